The number of rotatable bonds is 4. The van der Waals surface area contributed by atoms with Crippen LogP contribution in [0, 0.1) is 0 Å². The summed E-state index contributed by atoms with van der Waals surface area (Å²) in [6.07, 6.45) is 2.96. The summed E-state index contributed by atoms with van der Waals surface area (Å²) in [6, 6.07) is 10.9. The Morgan fingerprint density at radius 1 is 1.04 bits per heavy atom. The van der Waals surface area contributed by atoms with E-state index in [-0.39, 0.29) is 4.90 Å². The van der Waals surface area contributed by atoms with Gasteiger partial charge >= 0.3 is 0 Å². The monoisotopic (exact) mass is 358 g/mol. The van der Waals surface area contributed by atoms with Crippen molar-refractivity contribution in [2.75, 3.05) is 26.2 Å². The van der Waals surface area contributed by atoms with Crippen molar-refractivity contribution < 1.29 is 12.8 Å². The summed E-state index contributed by atoms with van der Waals surface area (Å²) in [5.74, 6) is 0.657. The quantitative estimate of drug-likeness (QED) is 0.707. The number of hydrogen-bond donors (Lipinski definition) is 0. The number of fused-ring (bicyclic) bond motifs is 1. The van der Waals surface area contributed by atoms with Gasteiger partial charge in [0.25, 0.3) is 0 Å². The van der Waals surface area contributed by atoms with Gasteiger partial charge < -0.3 is 4.42 Å². The number of hydrogen-bond acceptors (Lipinski definition) is 6. The number of oxazole rings is 1. The first kappa shape index (κ1) is 16.2. The molecule has 1 saturated heterocycles. The summed E-state index contributed by atoms with van der Waals surface area (Å²) in [4.78, 5) is 10.8. The highest BCUT2D eigenvalue weighted by Crippen LogP contribution is 2.19. The number of piperazine rings is 1. The molecule has 2 aromatic heterocycles. The molecule has 0 unspecified atom stereocenters. The van der Waals surface area contributed by atoms with E-state index < -0.39 is 10.0 Å². The molecule has 0 aliphatic carbocycles. The third-order valence-corrected chi connectivity index (χ3v) is 6.18. The topological polar surface area (TPSA) is 79.5 Å². The first-order valence-electron chi connectivity index (χ1n) is 8.10. The molecule has 1 fully saturated rings. The van der Waals surface area contributed by atoms with Crippen LogP contribution in [0.3, 0.4) is 0 Å². The number of sulfonamides is 1. The van der Waals surface area contributed by atoms with Gasteiger partial charge in [0.2, 0.25) is 15.9 Å². The summed E-state index contributed by atoms with van der Waals surface area (Å²) in [5, 5.41) is 0. The highest BCUT2D eigenvalue weighted by molar-refractivity contribution is 7.89. The van der Waals surface area contributed by atoms with Crippen molar-refractivity contribution in [3.63, 3.8) is 0 Å². The molecule has 0 spiro atoms. The van der Waals surface area contributed by atoms with E-state index in [9.17, 15) is 8.42 Å². The lowest BCUT2D eigenvalue weighted by Gasteiger charge is -2.33. The maximum absolute atomic E-state index is 12.6. The van der Waals surface area contributed by atoms with Gasteiger partial charge in [-0.2, -0.15) is 4.31 Å². The second-order valence-electron chi connectivity index (χ2n) is 5.94. The number of pyridine rings is 1. The fourth-order valence-electron chi connectivity index (χ4n) is 2.96. The van der Waals surface area contributed by atoms with Crippen LogP contribution < -0.4 is 0 Å². The highest BCUT2D eigenvalue weighted by atomic mass is 32.2. The molecule has 0 atom stereocenters. The Morgan fingerprint density at radius 3 is 2.56 bits per heavy atom. The molecule has 0 saturated carbocycles. The average Bonchev–Trinajstić information content (AvgIpc) is 3.05. The van der Waals surface area contributed by atoms with Crippen LogP contribution in [0.25, 0.3) is 11.1 Å². The molecular weight excluding hydrogens is 340 g/mol. The van der Waals surface area contributed by atoms with Crippen molar-refractivity contribution in [1.82, 2.24) is 19.2 Å². The third-order valence-electron chi connectivity index (χ3n) is 4.30. The van der Waals surface area contributed by atoms with Crippen molar-refractivity contribution in [1.29, 1.82) is 0 Å². The first-order chi connectivity index (χ1) is 12.1. The van der Waals surface area contributed by atoms with Crippen molar-refractivity contribution in [2.45, 2.75) is 11.4 Å². The van der Waals surface area contributed by atoms with Crippen molar-refractivity contribution in [3.8, 4) is 0 Å². The summed E-state index contributed by atoms with van der Waals surface area (Å²) >= 11 is 0. The zero-order chi connectivity index (χ0) is 17.3. The normalized spacial score (nSPS) is 17.1. The highest BCUT2D eigenvalue weighted by Gasteiger charge is 2.29. The molecule has 1 aliphatic heterocycles. The summed E-state index contributed by atoms with van der Waals surface area (Å²) in [6.45, 7) is 2.74. The minimum atomic E-state index is -3.47. The van der Waals surface area contributed by atoms with E-state index in [1.807, 2.05) is 24.3 Å². The van der Waals surface area contributed by atoms with E-state index in [1.54, 1.807) is 18.3 Å². The Hall–Kier alpha value is -2.29. The van der Waals surface area contributed by atoms with Crippen LogP contribution in [0.4, 0.5) is 0 Å². The van der Waals surface area contributed by atoms with Gasteiger partial charge in [0.05, 0.1) is 6.54 Å². The Morgan fingerprint density at radius 2 is 1.84 bits per heavy atom. The number of benzene rings is 1. The molecule has 130 valence electrons. The van der Waals surface area contributed by atoms with Crippen LogP contribution in [0.2, 0.25) is 0 Å². The van der Waals surface area contributed by atoms with E-state index in [4.69, 9.17) is 4.42 Å². The van der Waals surface area contributed by atoms with Gasteiger partial charge in [0, 0.05) is 38.6 Å². The Labute approximate surface area is 146 Å². The molecule has 0 N–H and O–H groups in total. The lowest BCUT2D eigenvalue weighted by Crippen LogP contribution is -2.48. The molecule has 4 rings (SSSR count). The van der Waals surface area contributed by atoms with Gasteiger partial charge in [-0.15, -0.1) is 0 Å². The van der Waals surface area contributed by atoms with Crippen LogP contribution in [0.1, 0.15) is 5.89 Å². The molecule has 1 aromatic carbocycles. The second-order valence-corrected chi connectivity index (χ2v) is 7.88. The molecule has 0 bridgehead atoms. The smallest absolute Gasteiger partial charge is 0.244 e. The van der Waals surface area contributed by atoms with Gasteiger partial charge in [-0.05, 0) is 24.3 Å². The molecule has 0 radical (unpaired) electrons. The van der Waals surface area contributed by atoms with Gasteiger partial charge in [0.1, 0.15) is 10.4 Å². The van der Waals surface area contributed by atoms with E-state index >= 15 is 0 Å². The summed E-state index contributed by atoms with van der Waals surface area (Å²) < 4.78 is 32.5. The predicted octanol–water partition coefficient (Wildman–Crippen LogP) is 1.73. The molecule has 7 nitrogen and oxygen atoms in total. The zero-order valence-electron chi connectivity index (χ0n) is 13.6. The van der Waals surface area contributed by atoms with Crippen LogP contribution in [-0.4, -0.2) is 53.8 Å². The maximum atomic E-state index is 12.6. The van der Waals surface area contributed by atoms with Gasteiger partial charge in [0.15, 0.2) is 5.58 Å². The zero-order valence-corrected chi connectivity index (χ0v) is 14.4. The molecule has 8 heteroatoms. The fourth-order valence-corrected chi connectivity index (χ4v) is 4.34. The van der Waals surface area contributed by atoms with Crippen molar-refractivity contribution in [2.24, 2.45) is 0 Å². The molecule has 1 aliphatic rings. The summed E-state index contributed by atoms with van der Waals surface area (Å²) in [7, 11) is -3.47. The predicted molar refractivity (Wildman–Crippen MR) is 92.3 cm³/mol. The lowest BCUT2D eigenvalue weighted by molar-refractivity contribution is 0.169. The van der Waals surface area contributed by atoms with Crippen molar-refractivity contribution in [3.05, 3.63) is 54.7 Å². The van der Waals surface area contributed by atoms with Crippen LogP contribution >= 0.6 is 0 Å². The van der Waals surface area contributed by atoms with Gasteiger partial charge in [-0.1, -0.05) is 12.1 Å². The van der Waals surface area contributed by atoms with Crippen molar-refractivity contribution >= 4 is 21.1 Å². The van der Waals surface area contributed by atoms with Crippen LogP contribution in [-0.2, 0) is 16.6 Å². The largest absolute Gasteiger partial charge is 0.439 e. The minimum absolute atomic E-state index is 0.238. The molecule has 3 heterocycles. The van der Waals surface area contributed by atoms with Crippen LogP contribution in [0.5, 0.6) is 0 Å². The Kier molecular flexibility index (Phi) is 4.24. The maximum Gasteiger partial charge on any atom is 0.244 e. The van der Waals surface area contributed by atoms with Gasteiger partial charge in [-0.25, -0.2) is 13.4 Å². The standard InChI is InChI=1S/C17H18N4O3S/c22-25(23,14-4-3-7-18-12-14)21-10-8-20(9-11-21)13-17-19-15-5-1-2-6-16(15)24-17/h1-7,12H,8-11,13H2. The van der Waals surface area contributed by atoms with E-state index in [0.717, 1.165) is 11.1 Å². The van der Waals surface area contributed by atoms with Crippen LogP contribution in [0.15, 0.2) is 58.1 Å². The number of nitrogens with zero attached hydrogens (tertiary/aromatic N) is 4. The molecule has 0 amide bonds. The average molecular weight is 358 g/mol. The van der Waals surface area contributed by atoms with E-state index in [0.29, 0.717) is 38.6 Å². The Balaban J connectivity index is 1.41. The number of aromatic nitrogens is 2. The molecular formula is C17H18N4O3S. The number of para-hydroxylation sites is 2. The molecule has 25 heavy (non-hydrogen) atoms. The summed E-state index contributed by atoms with van der Waals surface area (Å²) in [5.41, 5.74) is 1.62. The Bertz CT molecular complexity index is 931. The van der Waals surface area contributed by atoms with E-state index in [2.05, 4.69) is 14.9 Å². The molecule has 3 aromatic rings. The van der Waals surface area contributed by atoms with Gasteiger partial charge in [-0.3, -0.25) is 9.88 Å². The first-order valence-corrected chi connectivity index (χ1v) is 9.54. The third kappa shape index (κ3) is 3.28. The second kappa shape index (κ2) is 6.55. The van der Waals surface area contributed by atoms with E-state index in [1.165, 1.54) is 10.5 Å². The minimum Gasteiger partial charge on any atom is -0.439 e. The lowest BCUT2D eigenvalue weighted by atomic mass is 10.3. The fraction of sp³-hybridized carbons (Fsp3) is 0.294. The SMILES string of the molecule is O=S(=O)(c1cccnc1)N1CCN(Cc2nc3ccccc3o2)CC1.